The van der Waals surface area contributed by atoms with Crippen molar-refractivity contribution < 1.29 is 43.8 Å². The monoisotopic (exact) mass is 565 g/mol. The summed E-state index contributed by atoms with van der Waals surface area (Å²) in [7, 11) is 0. The van der Waals surface area contributed by atoms with Crippen LogP contribution in [0.5, 0.6) is 0 Å². The second-order valence-electron chi connectivity index (χ2n) is 9.89. The number of nitrogens with zero attached hydrogens (tertiary/aromatic N) is 5. The van der Waals surface area contributed by atoms with Gasteiger partial charge in [-0.25, -0.2) is 19.0 Å². The summed E-state index contributed by atoms with van der Waals surface area (Å²) in [4.78, 5) is 21.6. The van der Waals surface area contributed by atoms with E-state index in [0.717, 1.165) is 45.6 Å². The van der Waals surface area contributed by atoms with E-state index in [1.807, 2.05) is 38.1 Å². The zero-order chi connectivity index (χ0) is 28.7. The molecule has 0 unspecified atom stereocenters. The van der Waals surface area contributed by atoms with E-state index in [-0.39, 0.29) is 40.9 Å². The van der Waals surface area contributed by atoms with Crippen molar-refractivity contribution in [2.45, 2.75) is 33.7 Å². The molecule has 0 aliphatic heterocycles. The Hall–Kier alpha value is -4.29. The molecule has 9 heteroatoms. The number of benzene rings is 3. The van der Waals surface area contributed by atoms with Crippen LogP contribution in [0.1, 0.15) is 51.2 Å². The maximum Gasteiger partial charge on any atom is 1.00 e. The number of carbonyl (C=O) groups is 1. The van der Waals surface area contributed by atoms with E-state index in [1.165, 1.54) is 22.9 Å². The number of hydrogen-bond acceptors (Lipinski definition) is 5. The minimum absolute atomic E-state index is 0. The Morgan fingerprint density at radius 3 is 2.48 bits per heavy atom. The molecule has 0 atom stereocenters. The number of carboxylic acids is 1. The van der Waals surface area contributed by atoms with Crippen molar-refractivity contribution >= 4 is 28.0 Å². The molecule has 6 aromatic rings. The third-order valence-corrected chi connectivity index (χ3v) is 7.02. The van der Waals surface area contributed by atoms with Gasteiger partial charge in [0.05, 0.1) is 23.7 Å². The van der Waals surface area contributed by atoms with Crippen LogP contribution in [-0.2, 0) is 13.0 Å². The summed E-state index contributed by atoms with van der Waals surface area (Å²) in [5.74, 6) is 5.53. The predicted molar refractivity (Wildman–Crippen MR) is 153 cm³/mol. The molecule has 202 valence electrons. The van der Waals surface area contributed by atoms with Crippen molar-refractivity contribution in [2.24, 2.45) is 0 Å². The van der Waals surface area contributed by atoms with Crippen LogP contribution < -0.4 is 34.7 Å². The summed E-state index contributed by atoms with van der Waals surface area (Å²) in [6, 6.07) is 20.4. The number of carbonyl (C=O) groups excluding carboxylic acids is 1. The molecule has 0 radical (unpaired) electrons. The average Bonchev–Trinajstić information content (AvgIpc) is 3.50. The largest absolute Gasteiger partial charge is 1.00 e. The third-order valence-electron chi connectivity index (χ3n) is 7.02. The number of aryl methyl sites for hydroxylation is 3. The van der Waals surface area contributed by atoms with Crippen LogP contribution in [-0.4, -0.2) is 30.3 Å². The van der Waals surface area contributed by atoms with Gasteiger partial charge in [-0.3, -0.25) is 0 Å². The number of halogens is 1. The Kier molecular flexibility index (Phi) is 8.28. The van der Waals surface area contributed by atoms with Crippen molar-refractivity contribution in [2.75, 3.05) is 0 Å². The molecule has 0 saturated heterocycles. The molecule has 42 heavy (non-hydrogen) atoms. The molecule has 0 spiro atoms. The summed E-state index contributed by atoms with van der Waals surface area (Å²) >= 11 is 0. The van der Waals surface area contributed by atoms with E-state index in [2.05, 4.69) is 23.3 Å². The fourth-order valence-corrected chi connectivity index (χ4v) is 5.09. The number of imidazole rings is 1. The number of fused-ring (bicyclic) bond motifs is 2. The van der Waals surface area contributed by atoms with Gasteiger partial charge in [-0.1, -0.05) is 37.1 Å². The van der Waals surface area contributed by atoms with Gasteiger partial charge in [0.2, 0.25) is 0 Å². The van der Waals surface area contributed by atoms with E-state index in [4.69, 9.17) is 15.1 Å². The molecule has 3 aromatic carbocycles. The number of aromatic nitrogens is 5. The van der Waals surface area contributed by atoms with E-state index >= 15 is 0 Å². The molecule has 0 aliphatic rings. The van der Waals surface area contributed by atoms with E-state index in [0.29, 0.717) is 29.0 Å². The fraction of sp³-hybridized carbons (Fsp3) is 0.152. The number of carboxylic acid groups (broad SMARTS) is 1. The van der Waals surface area contributed by atoms with Gasteiger partial charge in [0.15, 0.2) is 5.65 Å². The third kappa shape index (κ3) is 5.47. The van der Waals surface area contributed by atoms with Crippen LogP contribution in [0.25, 0.3) is 27.8 Å². The maximum absolute atomic E-state index is 13.5. The fourth-order valence-electron chi connectivity index (χ4n) is 5.09. The van der Waals surface area contributed by atoms with Crippen LogP contribution in [0.4, 0.5) is 4.39 Å². The van der Waals surface area contributed by atoms with E-state index in [9.17, 15) is 14.3 Å². The van der Waals surface area contributed by atoms with Gasteiger partial charge in [0.25, 0.3) is 0 Å². The molecule has 6 rings (SSSR count). The van der Waals surface area contributed by atoms with Crippen LogP contribution >= 0.6 is 0 Å². The maximum atomic E-state index is 13.5. The summed E-state index contributed by atoms with van der Waals surface area (Å²) in [5.41, 5.74) is 6.87. The van der Waals surface area contributed by atoms with Crippen LogP contribution in [0.2, 0.25) is 0 Å². The van der Waals surface area contributed by atoms with Crippen molar-refractivity contribution in [3.05, 3.63) is 118 Å². The Morgan fingerprint density at radius 1 is 0.976 bits per heavy atom. The van der Waals surface area contributed by atoms with Gasteiger partial charge in [0.1, 0.15) is 22.9 Å². The first-order valence-corrected chi connectivity index (χ1v) is 13.3. The Morgan fingerprint density at radius 2 is 1.74 bits per heavy atom. The minimum Gasteiger partial charge on any atom is -0.545 e. The SMILES string of the molecule is CCc1nc2c(C)cc(C)nc2n1Cc1ccc2nn(-c3ccccc3C(=O)[O-])c(C#Cc3ccc(F)cc3)c2c1.[Na+]. The molecule has 7 nitrogen and oxygen atoms in total. The van der Waals surface area contributed by atoms with Gasteiger partial charge >= 0.3 is 29.6 Å². The normalized spacial score (nSPS) is 10.9. The van der Waals surface area contributed by atoms with Crippen molar-refractivity contribution in [1.29, 1.82) is 0 Å². The average molecular weight is 566 g/mol. The van der Waals surface area contributed by atoms with E-state index < -0.39 is 5.97 Å². The van der Waals surface area contributed by atoms with Crippen molar-refractivity contribution in [3.8, 4) is 17.5 Å². The van der Waals surface area contributed by atoms with Crippen LogP contribution in [0.15, 0.2) is 72.8 Å². The van der Waals surface area contributed by atoms with Gasteiger partial charge in [-0.05, 0) is 79.4 Å². The molecule has 0 saturated carbocycles. The van der Waals surface area contributed by atoms with Gasteiger partial charge in [-0.2, -0.15) is 5.10 Å². The quantitative estimate of drug-likeness (QED) is 0.236. The van der Waals surface area contributed by atoms with Gasteiger partial charge in [0, 0.05) is 28.6 Å². The Balaban J connectivity index is 0.00000353. The molecule has 0 bridgehead atoms. The second-order valence-corrected chi connectivity index (χ2v) is 9.89. The molecule has 0 fully saturated rings. The second kappa shape index (κ2) is 11.9. The molecule has 3 heterocycles. The summed E-state index contributed by atoms with van der Waals surface area (Å²) in [6.07, 6.45) is 0.753. The summed E-state index contributed by atoms with van der Waals surface area (Å²) in [5, 5.41) is 17.4. The molecular weight excluding hydrogens is 540 g/mol. The molecule has 0 aliphatic carbocycles. The summed E-state index contributed by atoms with van der Waals surface area (Å²) in [6.45, 7) is 6.64. The zero-order valence-electron chi connectivity index (χ0n) is 23.8. The predicted octanol–water partition coefficient (Wildman–Crippen LogP) is 1.90. The number of hydrogen-bond donors (Lipinski definition) is 0. The smallest absolute Gasteiger partial charge is 0.545 e. The first kappa shape index (κ1) is 29.2. The molecule has 0 N–H and O–H groups in total. The van der Waals surface area contributed by atoms with Crippen LogP contribution in [0.3, 0.4) is 0 Å². The summed E-state index contributed by atoms with van der Waals surface area (Å²) < 4.78 is 17.1. The topological polar surface area (TPSA) is 88.7 Å². The van der Waals surface area contributed by atoms with Crippen molar-refractivity contribution in [1.82, 2.24) is 24.3 Å². The number of aromatic carboxylic acids is 1. The first-order valence-electron chi connectivity index (χ1n) is 13.3. The Bertz CT molecular complexity index is 2030. The van der Waals surface area contributed by atoms with Gasteiger partial charge < -0.3 is 14.5 Å². The molecular formula is C33H25FN5NaO2. The molecule has 0 amide bonds. The molecule has 3 aromatic heterocycles. The van der Waals surface area contributed by atoms with Gasteiger partial charge in [-0.15, -0.1) is 0 Å². The van der Waals surface area contributed by atoms with Crippen LogP contribution in [0, 0.1) is 31.5 Å². The first-order chi connectivity index (χ1) is 19.8. The number of para-hydroxylation sites is 1. The number of rotatable bonds is 5. The Labute approximate surface area is 264 Å². The van der Waals surface area contributed by atoms with E-state index in [1.54, 1.807) is 30.3 Å². The standard InChI is InChI=1S/C33H26FN5O2.Na/c1-4-30-36-31-20(2)17-21(3)35-32(31)38(30)19-23-11-15-27-26(18-23)29(16-12-22-9-13-24(34)14-10-22)39(37-27)28-8-6-5-7-25(28)33(40)41;/h5-11,13-15,17-18H,4,19H2,1-3H3,(H,40,41);/q;+1/p-1. The van der Waals surface area contributed by atoms with Crippen molar-refractivity contribution in [3.63, 3.8) is 0 Å². The number of pyridine rings is 1. The zero-order valence-corrected chi connectivity index (χ0v) is 25.8. The minimum atomic E-state index is -1.31.